The van der Waals surface area contributed by atoms with E-state index < -0.39 is 0 Å². The van der Waals surface area contributed by atoms with Gasteiger partial charge in [0.2, 0.25) is 0 Å². The summed E-state index contributed by atoms with van der Waals surface area (Å²) in [6, 6.07) is 20.5. The van der Waals surface area contributed by atoms with Crippen molar-refractivity contribution in [2.75, 3.05) is 0 Å². The Bertz CT molecular complexity index is 512. The van der Waals surface area contributed by atoms with E-state index in [9.17, 15) is 5.11 Å². The number of rotatable bonds is 7. The van der Waals surface area contributed by atoms with Crippen molar-refractivity contribution in [3.05, 3.63) is 71.8 Å². The second-order valence-electron chi connectivity index (χ2n) is 5.92. The summed E-state index contributed by atoms with van der Waals surface area (Å²) in [6.45, 7) is 2.09. The lowest BCUT2D eigenvalue weighted by molar-refractivity contribution is 0.100. The molecule has 2 aromatic carbocycles. The highest BCUT2D eigenvalue weighted by Crippen LogP contribution is 2.16. The molecule has 0 radical (unpaired) electrons. The van der Waals surface area contributed by atoms with Gasteiger partial charge < -0.3 is 10.8 Å². The van der Waals surface area contributed by atoms with Crippen molar-refractivity contribution in [2.45, 2.75) is 38.3 Å². The summed E-state index contributed by atoms with van der Waals surface area (Å²) in [5.74, 6) is 0.217. The Balaban J connectivity index is 1.81. The fourth-order valence-corrected chi connectivity index (χ4v) is 2.66. The molecule has 0 bridgehead atoms. The van der Waals surface area contributed by atoms with Crippen LogP contribution < -0.4 is 5.73 Å². The predicted molar refractivity (Wildman–Crippen MR) is 88.1 cm³/mol. The molecule has 3 N–H and O–H groups in total. The zero-order valence-corrected chi connectivity index (χ0v) is 12.7. The minimum absolute atomic E-state index is 0.000577. The average molecular weight is 283 g/mol. The normalized spacial score (nSPS) is 15.4. The number of aliphatic hydroxyl groups is 1. The van der Waals surface area contributed by atoms with Crippen LogP contribution in [-0.2, 0) is 12.8 Å². The third kappa shape index (κ3) is 5.33. The molecular weight excluding hydrogens is 258 g/mol. The van der Waals surface area contributed by atoms with Gasteiger partial charge in [-0.25, -0.2) is 0 Å². The lowest BCUT2D eigenvalue weighted by Gasteiger charge is -2.22. The highest BCUT2D eigenvalue weighted by molar-refractivity contribution is 5.16. The van der Waals surface area contributed by atoms with Gasteiger partial charge in [0, 0.05) is 6.04 Å². The molecule has 0 fully saturated rings. The van der Waals surface area contributed by atoms with Crippen LogP contribution in [0.2, 0.25) is 0 Å². The molecule has 2 rings (SSSR count). The fourth-order valence-electron chi connectivity index (χ4n) is 2.66. The van der Waals surface area contributed by atoms with Gasteiger partial charge in [-0.2, -0.15) is 0 Å². The van der Waals surface area contributed by atoms with Crippen molar-refractivity contribution in [1.82, 2.24) is 0 Å². The largest absolute Gasteiger partial charge is 0.393 e. The third-order valence-electron chi connectivity index (χ3n) is 3.94. The standard InChI is InChI=1S/C19H25NO/c1-15(12-16-8-4-2-5-9-16)19(21)14-18(20)13-17-10-6-3-7-11-17/h2-11,15,18-19,21H,12-14,20H2,1H3. The number of nitrogens with two attached hydrogens (primary N) is 1. The molecule has 0 spiro atoms. The summed E-state index contributed by atoms with van der Waals surface area (Å²) in [6.07, 6.45) is 1.99. The van der Waals surface area contributed by atoms with Crippen LogP contribution >= 0.6 is 0 Å². The Morgan fingerprint density at radius 1 is 0.857 bits per heavy atom. The molecule has 112 valence electrons. The van der Waals surface area contributed by atoms with Crippen LogP contribution in [0.1, 0.15) is 24.5 Å². The highest BCUT2D eigenvalue weighted by Gasteiger charge is 2.18. The summed E-state index contributed by atoms with van der Waals surface area (Å²) < 4.78 is 0. The maximum Gasteiger partial charge on any atom is 0.0583 e. The van der Waals surface area contributed by atoms with Crippen LogP contribution in [0.3, 0.4) is 0 Å². The molecule has 3 atom stereocenters. The molecule has 0 aromatic heterocycles. The molecular formula is C19H25NO. The lowest BCUT2D eigenvalue weighted by Crippen LogP contribution is -2.32. The van der Waals surface area contributed by atoms with E-state index in [1.165, 1.54) is 11.1 Å². The van der Waals surface area contributed by atoms with E-state index in [1.807, 2.05) is 36.4 Å². The van der Waals surface area contributed by atoms with Gasteiger partial charge >= 0.3 is 0 Å². The molecule has 0 saturated heterocycles. The predicted octanol–water partition coefficient (Wildman–Crippen LogP) is 3.19. The monoisotopic (exact) mass is 283 g/mol. The van der Waals surface area contributed by atoms with Crippen molar-refractivity contribution in [2.24, 2.45) is 11.7 Å². The van der Waals surface area contributed by atoms with Crippen LogP contribution in [0.15, 0.2) is 60.7 Å². The van der Waals surface area contributed by atoms with Gasteiger partial charge in [-0.15, -0.1) is 0 Å². The highest BCUT2D eigenvalue weighted by atomic mass is 16.3. The van der Waals surface area contributed by atoms with E-state index >= 15 is 0 Å². The molecule has 0 amide bonds. The molecule has 21 heavy (non-hydrogen) atoms. The Labute approximate surface area is 127 Å². The van der Waals surface area contributed by atoms with E-state index in [1.54, 1.807) is 0 Å². The van der Waals surface area contributed by atoms with Gasteiger partial charge in [0.1, 0.15) is 0 Å². The molecule has 2 heteroatoms. The number of hydrogen-bond donors (Lipinski definition) is 2. The van der Waals surface area contributed by atoms with Gasteiger partial charge in [0.05, 0.1) is 6.10 Å². The first-order valence-electron chi connectivity index (χ1n) is 7.66. The zero-order valence-electron chi connectivity index (χ0n) is 12.7. The van der Waals surface area contributed by atoms with Crippen molar-refractivity contribution in [3.8, 4) is 0 Å². The minimum Gasteiger partial charge on any atom is -0.393 e. The molecule has 0 aliphatic heterocycles. The third-order valence-corrected chi connectivity index (χ3v) is 3.94. The number of benzene rings is 2. The molecule has 0 aliphatic carbocycles. The Morgan fingerprint density at radius 3 is 1.86 bits per heavy atom. The first-order valence-corrected chi connectivity index (χ1v) is 7.66. The van der Waals surface area contributed by atoms with Crippen LogP contribution in [0.25, 0.3) is 0 Å². The Morgan fingerprint density at radius 2 is 1.33 bits per heavy atom. The second-order valence-corrected chi connectivity index (χ2v) is 5.92. The van der Waals surface area contributed by atoms with Gasteiger partial charge in [-0.05, 0) is 36.3 Å². The van der Waals surface area contributed by atoms with E-state index in [4.69, 9.17) is 5.73 Å². The second kappa shape index (κ2) is 7.96. The smallest absolute Gasteiger partial charge is 0.0583 e. The Hall–Kier alpha value is -1.64. The van der Waals surface area contributed by atoms with Gasteiger partial charge in [0.15, 0.2) is 0 Å². The SMILES string of the molecule is CC(Cc1ccccc1)C(O)CC(N)Cc1ccccc1. The minimum atomic E-state index is -0.357. The van der Waals surface area contributed by atoms with Crippen LogP contribution in [0.4, 0.5) is 0 Å². The quantitative estimate of drug-likeness (QED) is 0.820. The first-order chi connectivity index (χ1) is 10.1. The summed E-state index contributed by atoms with van der Waals surface area (Å²) >= 11 is 0. The Kier molecular flexibility index (Phi) is 5.97. The van der Waals surface area contributed by atoms with E-state index in [0.29, 0.717) is 6.42 Å². The summed E-state index contributed by atoms with van der Waals surface area (Å²) in [5.41, 5.74) is 8.67. The van der Waals surface area contributed by atoms with E-state index in [0.717, 1.165) is 12.8 Å². The van der Waals surface area contributed by atoms with Crippen molar-refractivity contribution in [1.29, 1.82) is 0 Å². The van der Waals surface area contributed by atoms with E-state index in [-0.39, 0.29) is 18.1 Å². The van der Waals surface area contributed by atoms with Crippen molar-refractivity contribution < 1.29 is 5.11 Å². The average Bonchev–Trinajstić information content (AvgIpc) is 2.49. The van der Waals surface area contributed by atoms with Crippen molar-refractivity contribution in [3.63, 3.8) is 0 Å². The number of hydrogen-bond acceptors (Lipinski definition) is 2. The van der Waals surface area contributed by atoms with Gasteiger partial charge in [0.25, 0.3) is 0 Å². The first kappa shape index (κ1) is 15.7. The molecule has 0 heterocycles. The zero-order chi connectivity index (χ0) is 15.1. The maximum absolute atomic E-state index is 10.3. The summed E-state index contributed by atoms with van der Waals surface area (Å²) in [4.78, 5) is 0. The topological polar surface area (TPSA) is 46.2 Å². The number of aliphatic hydroxyl groups excluding tert-OH is 1. The molecule has 0 saturated carbocycles. The van der Waals surface area contributed by atoms with E-state index in [2.05, 4.69) is 31.2 Å². The molecule has 0 aliphatic rings. The molecule has 2 nitrogen and oxygen atoms in total. The van der Waals surface area contributed by atoms with Gasteiger partial charge in [-0.1, -0.05) is 67.6 Å². The summed E-state index contributed by atoms with van der Waals surface area (Å²) in [5, 5.41) is 10.3. The fraction of sp³-hybridized carbons (Fsp3) is 0.368. The maximum atomic E-state index is 10.3. The summed E-state index contributed by atoms with van der Waals surface area (Å²) in [7, 11) is 0. The van der Waals surface area contributed by atoms with Crippen molar-refractivity contribution >= 4 is 0 Å². The molecule has 2 aromatic rings. The lowest BCUT2D eigenvalue weighted by atomic mass is 9.90. The van der Waals surface area contributed by atoms with Crippen LogP contribution in [-0.4, -0.2) is 17.3 Å². The van der Waals surface area contributed by atoms with Crippen LogP contribution in [0, 0.1) is 5.92 Å². The van der Waals surface area contributed by atoms with Crippen LogP contribution in [0.5, 0.6) is 0 Å². The molecule has 3 unspecified atom stereocenters. The van der Waals surface area contributed by atoms with Gasteiger partial charge in [-0.3, -0.25) is 0 Å².